The van der Waals surface area contributed by atoms with E-state index in [1.165, 1.54) is 0 Å². The van der Waals surface area contributed by atoms with E-state index in [4.69, 9.17) is 4.74 Å². The molecule has 2 unspecified atom stereocenters. The van der Waals surface area contributed by atoms with Crippen molar-refractivity contribution in [2.24, 2.45) is 0 Å². The average molecular weight is 273 g/mol. The maximum Gasteiger partial charge on any atom is 0.251 e. The molecule has 19 heavy (non-hydrogen) atoms. The molecule has 0 bridgehead atoms. The molecule has 1 amide bonds. The van der Waals surface area contributed by atoms with Crippen LogP contribution in [0.2, 0.25) is 0 Å². The van der Waals surface area contributed by atoms with Crippen LogP contribution in [0, 0.1) is 17.5 Å². The van der Waals surface area contributed by atoms with Crippen molar-refractivity contribution in [2.75, 3.05) is 7.11 Å². The molecule has 0 aromatic heterocycles. The lowest BCUT2D eigenvalue weighted by atomic mass is 10.1. The predicted octanol–water partition coefficient (Wildman–Crippen LogP) is 2.40. The Morgan fingerprint density at radius 3 is 2.47 bits per heavy atom. The van der Waals surface area contributed by atoms with Crippen LogP contribution in [0.4, 0.5) is 13.2 Å². The van der Waals surface area contributed by atoms with Crippen LogP contribution in [0.15, 0.2) is 12.1 Å². The van der Waals surface area contributed by atoms with E-state index in [0.29, 0.717) is 12.1 Å². The van der Waals surface area contributed by atoms with Crippen molar-refractivity contribution in [3.63, 3.8) is 0 Å². The Morgan fingerprint density at radius 1 is 1.26 bits per heavy atom. The molecule has 2 rings (SSSR count). The summed E-state index contributed by atoms with van der Waals surface area (Å²) in [7, 11) is 1.55. The highest BCUT2D eigenvalue weighted by molar-refractivity contribution is 5.94. The fourth-order valence-corrected chi connectivity index (χ4v) is 2.31. The van der Waals surface area contributed by atoms with E-state index < -0.39 is 23.4 Å². The smallest absolute Gasteiger partial charge is 0.251 e. The van der Waals surface area contributed by atoms with Crippen LogP contribution in [0.25, 0.3) is 0 Å². The highest BCUT2D eigenvalue weighted by Crippen LogP contribution is 2.22. The van der Waals surface area contributed by atoms with Crippen molar-refractivity contribution in [1.29, 1.82) is 0 Å². The summed E-state index contributed by atoms with van der Waals surface area (Å²) in [5.41, 5.74) is -0.238. The van der Waals surface area contributed by atoms with Crippen molar-refractivity contribution < 1.29 is 22.7 Å². The van der Waals surface area contributed by atoms with Crippen LogP contribution in [0.3, 0.4) is 0 Å². The molecule has 1 aromatic rings. The number of hydrogen-bond acceptors (Lipinski definition) is 2. The molecule has 1 aliphatic carbocycles. The summed E-state index contributed by atoms with van der Waals surface area (Å²) in [5.74, 6) is -4.96. The number of ether oxygens (including phenoxy) is 1. The second-order valence-electron chi connectivity index (χ2n) is 4.54. The molecule has 0 radical (unpaired) electrons. The first kappa shape index (κ1) is 13.9. The Morgan fingerprint density at radius 2 is 1.89 bits per heavy atom. The highest BCUT2D eigenvalue weighted by atomic mass is 19.2. The van der Waals surface area contributed by atoms with Gasteiger partial charge < -0.3 is 10.1 Å². The molecule has 6 heteroatoms. The Kier molecular flexibility index (Phi) is 4.09. The first-order valence-electron chi connectivity index (χ1n) is 6.01. The zero-order chi connectivity index (χ0) is 14.0. The molecule has 104 valence electrons. The van der Waals surface area contributed by atoms with E-state index in [1.807, 2.05) is 0 Å². The third-order valence-corrected chi connectivity index (χ3v) is 3.32. The number of nitrogens with one attached hydrogen (secondary N) is 1. The van der Waals surface area contributed by atoms with Crippen LogP contribution in [0.1, 0.15) is 29.6 Å². The van der Waals surface area contributed by atoms with Gasteiger partial charge in [-0.2, -0.15) is 0 Å². The Labute approximate surface area is 108 Å². The first-order chi connectivity index (χ1) is 9.02. The minimum absolute atomic E-state index is 0.0981. The molecule has 1 aromatic carbocycles. The average Bonchev–Trinajstić information content (AvgIpc) is 2.82. The van der Waals surface area contributed by atoms with Crippen molar-refractivity contribution >= 4 is 5.91 Å². The number of benzene rings is 1. The maximum absolute atomic E-state index is 13.0. The summed E-state index contributed by atoms with van der Waals surface area (Å²) in [6.07, 6.45) is 2.39. The SMILES string of the molecule is COC1CCCC1NC(=O)c1cc(F)c(F)c(F)c1. The lowest BCUT2D eigenvalue weighted by molar-refractivity contribution is 0.0721. The topological polar surface area (TPSA) is 38.3 Å². The molecule has 0 spiro atoms. The van der Waals surface area contributed by atoms with Gasteiger partial charge in [-0.05, 0) is 31.4 Å². The van der Waals surface area contributed by atoms with Gasteiger partial charge in [0, 0.05) is 12.7 Å². The van der Waals surface area contributed by atoms with Gasteiger partial charge in [0.25, 0.3) is 5.91 Å². The van der Waals surface area contributed by atoms with Gasteiger partial charge in [0.15, 0.2) is 17.5 Å². The number of carbonyl (C=O) groups excluding carboxylic acids is 1. The zero-order valence-electron chi connectivity index (χ0n) is 10.4. The third kappa shape index (κ3) is 2.89. The standard InChI is InChI=1S/C13H14F3NO2/c1-19-11-4-2-3-10(11)17-13(18)7-5-8(14)12(16)9(15)6-7/h5-6,10-11H,2-4H2,1H3,(H,17,18). The second-order valence-corrected chi connectivity index (χ2v) is 4.54. The van der Waals surface area contributed by atoms with Gasteiger partial charge in [0.1, 0.15) is 0 Å². The van der Waals surface area contributed by atoms with Gasteiger partial charge in [-0.3, -0.25) is 4.79 Å². The molecule has 3 nitrogen and oxygen atoms in total. The van der Waals surface area contributed by atoms with E-state index in [2.05, 4.69) is 5.32 Å². The molecule has 1 fully saturated rings. The molecule has 1 N–H and O–H groups in total. The van der Waals surface area contributed by atoms with Crippen LogP contribution >= 0.6 is 0 Å². The second kappa shape index (κ2) is 5.61. The lowest BCUT2D eigenvalue weighted by Gasteiger charge is -2.19. The quantitative estimate of drug-likeness (QED) is 0.859. The molecule has 0 aliphatic heterocycles. The Balaban J connectivity index is 2.12. The lowest BCUT2D eigenvalue weighted by Crippen LogP contribution is -2.40. The van der Waals surface area contributed by atoms with Crippen molar-refractivity contribution in [1.82, 2.24) is 5.32 Å². The molecule has 1 saturated carbocycles. The molecule has 2 atom stereocenters. The van der Waals surface area contributed by atoms with Gasteiger partial charge in [0.2, 0.25) is 0 Å². The minimum Gasteiger partial charge on any atom is -0.379 e. The van der Waals surface area contributed by atoms with E-state index in [1.54, 1.807) is 7.11 Å². The van der Waals surface area contributed by atoms with E-state index >= 15 is 0 Å². The summed E-state index contributed by atoms with van der Waals surface area (Å²) in [6, 6.07) is 1.18. The largest absolute Gasteiger partial charge is 0.379 e. The van der Waals surface area contributed by atoms with Gasteiger partial charge in [0.05, 0.1) is 12.1 Å². The Hall–Kier alpha value is -1.56. The van der Waals surface area contributed by atoms with Crippen molar-refractivity contribution in [2.45, 2.75) is 31.4 Å². The zero-order valence-corrected chi connectivity index (χ0v) is 10.4. The summed E-state index contributed by atoms with van der Waals surface area (Å²) in [6.45, 7) is 0. The molecular formula is C13H14F3NO2. The van der Waals surface area contributed by atoms with E-state index in [9.17, 15) is 18.0 Å². The van der Waals surface area contributed by atoms with Crippen molar-refractivity contribution in [3.05, 3.63) is 35.1 Å². The van der Waals surface area contributed by atoms with Gasteiger partial charge in [-0.1, -0.05) is 0 Å². The highest BCUT2D eigenvalue weighted by Gasteiger charge is 2.29. The van der Waals surface area contributed by atoms with E-state index in [0.717, 1.165) is 19.3 Å². The fourth-order valence-electron chi connectivity index (χ4n) is 2.31. The molecule has 0 saturated heterocycles. The number of carbonyl (C=O) groups is 1. The predicted molar refractivity (Wildman–Crippen MR) is 62.2 cm³/mol. The molecule has 0 heterocycles. The summed E-state index contributed by atoms with van der Waals surface area (Å²) < 4.78 is 44.1. The Bertz CT molecular complexity index is 470. The fraction of sp³-hybridized carbons (Fsp3) is 0.462. The number of hydrogen-bond donors (Lipinski definition) is 1. The third-order valence-electron chi connectivity index (χ3n) is 3.32. The van der Waals surface area contributed by atoms with Gasteiger partial charge >= 0.3 is 0 Å². The number of rotatable bonds is 3. The molecular weight excluding hydrogens is 259 g/mol. The van der Waals surface area contributed by atoms with Crippen LogP contribution in [0.5, 0.6) is 0 Å². The van der Waals surface area contributed by atoms with Gasteiger partial charge in [-0.25, -0.2) is 13.2 Å². The van der Waals surface area contributed by atoms with Crippen LogP contribution in [-0.2, 0) is 4.74 Å². The summed E-state index contributed by atoms with van der Waals surface area (Å²) in [5, 5.41) is 2.65. The van der Waals surface area contributed by atoms with E-state index in [-0.39, 0.29) is 17.7 Å². The monoisotopic (exact) mass is 273 g/mol. The first-order valence-corrected chi connectivity index (χ1v) is 6.01. The summed E-state index contributed by atoms with van der Waals surface area (Å²) in [4.78, 5) is 11.9. The maximum atomic E-state index is 13.0. The number of halogens is 3. The number of amides is 1. The normalized spacial score (nSPS) is 22.5. The van der Waals surface area contributed by atoms with Crippen molar-refractivity contribution in [3.8, 4) is 0 Å². The van der Waals surface area contributed by atoms with Crippen LogP contribution in [-0.4, -0.2) is 25.2 Å². The van der Waals surface area contributed by atoms with Gasteiger partial charge in [-0.15, -0.1) is 0 Å². The number of methoxy groups -OCH3 is 1. The summed E-state index contributed by atoms with van der Waals surface area (Å²) >= 11 is 0. The van der Waals surface area contributed by atoms with Crippen LogP contribution < -0.4 is 5.32 Å². The minimum atomic E-state index is -1.58. The molecule has 1 aliphatic rings.